The van der Waals surface area contributed by atoms with Crippen molar-refractivity contribution in [2.75, 3.05) is 7.11 Å². The molecule has 0 aliphatic heterocycles. The summed E-state index contributed by atoms with van der Waals surface area (Å²) in [6.45, 7) is 12.2. The monoisotopic (exact) mass is 326 g/mol. The van der Waals surface area contributed by atoms with Crippen LogP contribution in [0.5, 0.6) is 5.75 Å². The zero-order valence-electron chi connectivity index (χ0n) is 14.0. The molecule has 118 valence electrons. The minimum absolute atomic E-state index is 0.290. The normalized spacial score (nSPS) is 13.7. The van der Waals surface area contributed by atoms with Crippen LogP contribution in [-0.4, -0.2) is 29.7 Å². The van der Waals surface area contributed by atoms with E-state index in [1.54, 1.807) is 7.11 Å². The molecule has 6 heteroatoms. The lowest BCUT2D eigenvalue weighted by molar-refractivity contribution is -0.143. The van der Waals surface area contributed by atoms with E-state index in [0.29, 0.717) is 0 Å². The maximum absolute atomic E-state index is 12.5. The Morgan fingerprint density at radius 2 is 1.48 bits per heavy atom. The first-order valence-electron chi connectivity index (χ1n) is 7.06. The summed E-state index contributed by atoms with van der Waals surface area (Å²) in [7, 11) is -2.21. The van der Waals surface area contributed by atoms with Crippen molar-refractivity contribution in [3.63, 3.8) is 0 Å². The molecule has 0 spiro atoms. The Bertz CT molecular complexity index is 472. The number of hydrogen-bond donors (Lipinski definition) is 0. The van der Waals surface area contributed by atoms with E-state index in [1.165, 1.54) is 0 Å². The Morgan fingerprint density at radius 3 is 1.86 bits per heavy atom. The van der Waals surface area contributed by atoms with Gasteiger partial charge in [-0.15, -0.1) is 0 Å². The number of carbonyl (C=O) groups excluding carboxylic acids is 1. The highest BCUT2D eigenvalue weighted by Crippen LogP contribution is 2.26. The maximum atomic E-state index is 12.5. The van der Waals surface area contributed by atoms with Crippen LogP contribution in [0.1, 0.15) is 11.7 Å². The van der Waals surface area contributed by atoms with E-state index < -0.39 is 22.7 Å². The van der Waals surface area contributed by atoms with Crippen molar-refractivity contribution in [1.29, 1.82) is 0 Å². The summed E-state index contributed by atoms with van der Waals surface area (Å²) in [5.41, 5.74) is 0.807. The van der Waals surface area contributed by atoms with Crippen LogP contribution in [0.2, 0.25) is 39.3 Å². The molecule has 0 amide bonds. The number of hydrogen-bond acceptors (Lipinski definition) is 4. The highest BCUT2D eigenvalue weighted by molar-refractivity contribution is 6.71. The minimum Gasteiger partial charge on any atom is -0.518 e. The fourth-order valence-corrected chi connectivity index (χ4v) is 3.39. The second kappa shape index (κ2) is 6.76. The van der Waals surface area contributed by atoms with E-state index in [0.717, 1.165) is 11.3 Å². The van der Waals surface area contributed by atoms with Crippen molar-refractivity contribution in [3.8, 4) is 5.75 Å². The Labute approximate surface area is 129 Å². The van der Waals surface area contributed by atoms with Crippen LogP contribution in [0.3, 0.4) is 0 Å². The lowest BCUT2D eigenvalue weighted by Gasteiger charge is -2.28. The van der Waals surface area contributed by atoms with Crippen molar-refractivity contribution in [2.24, 2.45) is 0 Å². The molecule has 0 saturated heterocycles. The van der Waals surface area contributed by atoms with Gasteiger partial charge in [0.2, 0.25) is 8.32 Å². The third-order valence-electron chi connectivity index (χ3n) is 2.51. The first-order chi connectivity index (χ1) is 9.52. The van der Waals surface area contributed by atoms with Crippen molar-refractivity contribution >= 4 is 22.6 Å². The van der Waals surface area contributed by atoms with E-state index in [4.69, 9.17) is 13.6 Å². The van der Waals surface area contributed by atoms with Crippen molar-refractivity contribution < 1.29 is 18.4 Å². The molecule has 0 aromatic heterocycles. The standard InChI is InChI=1S/C15H26O4Si2/c1-17-13-10-8-12(9-11-13)14(18-20(2,3)4)15(16)19-21(5,6)7/h8-11,14H,1-7H3. The van der Waals surface area contributed by atoms with E-state index in [-0.39, 0.29) is 5.97 Å². The highest BCUT2D eigenvalue weighted by Gasteiger charge is 2.32. The molecule has 1 aromatic carbocycles. The molecule has 21 heavy (non-hydrogen) atoms. The quantitative estimate of drug-likeness (QED) is 0.742. The molecule has 0 saturated carbocycles. The van der Waals surface area contributed by atoms with Gasteiger partial charge in [0, 0.05) is 0 Å². The summed E-state index contributed by atoms with van der Waals surface area (Å²) in [5.74, 6) is 0.464. The first kappa shape index (κ1) is 17.9. The summed E-state index contributed by atoms with van der Waals surface area (Å²) in [5, 5.41) is 0. The fourth-order valence-electron chi connectivity index (χ4n) is 1.74. The second-order valence-electron chi connectivity index (χ2n) is 6.92. The number of rotatable bonds is 6. The lowest BCUT2D eigenvalue weighted by atomic mass is 10.1. The summed E-state index contributed by atoms with van der Waals surface area (Å²) in [4.78, 5) is 12.5. The number of benzene rings is 1. The highest BCUT2D eigenvalue weighted by atomic mass is 28.4. The van der Waals surface area contributed by atoms with Gasteiger partial charge in [0.05, 0.1) is 7.11 Å². The van der Waals surface area contributed by atoms with E-state index in [2.05, 4.69) is 19.6 Å². The Kier molecular flexibility index (Phi) is 5.78. The molecule has 1 aromatic rings. The number of methoxy groups -OCH3 is 1. The molecule has 0 aliphatic carbocycles. The molecule has 0 radical (unpaired) electrons. The average Bonchev–Trinajstić information content (AvgIpc) is 2.33. The summed E-state index contributed by atoms with van der Waals surface area (Å²) < 4.78 is 16.8. The number of carbonyl (C=O) groups is 1. The molecule has 1 rings (SSSR count). The van der Waals surface area contributed by atoms with Crippen molar-refractivity contribution in [1.82, 2.24) is 0 Å². The molecular weight excluding hydrogens is 300 g/mol. The van der Waals surface area contributed by atoms with Crippen LogP contribution in [0.15, 0.2) is 24.3 Å². The molecule has 0 N–H and O–H groups in total. The largest absolute Gasteiger partial charge is 0.518 e. The third-order valence-corrected chi connectivity index (χ3v) is 4.27. The predicted octanol–water partition coefficient (Wildman–Crippen LogP) is 3.97. The summed E-state index contributed by atoms with van der Waals surface area (Å²) in [6, 6.07) is 7.37. The van der Waals surface area contributed by atoms with Crippen LogP contribution in [0.25, 0.3) is 0 Å². The molecule has 1 unspecified atom stereocenters. The predicted molar refractivity (Wildman–Crippen MR) is 89.6 cm³/mol. The molecule has 0 fully saturated rings. The number of ether oxygens (including phenoxy) is 1. The van der Waals surface area contributed by atoms with Crippen LogP contribution < -0.4 is 4.74 Å². The topological polar surface area (TPSA) is 44.8 Å². The second-order valence-corrected chi connectivity index (χ2v) is 15.8. The third kappa shape index (κ3) is 6.45. The van der Waals surface area contributed by atoms with Gasteiger partial charge in [-0.05, 0) is 57.0 Å². The molecule has 0 aliphatic rings. The van der Waals surface area contributed by atoms with E-state index in [1.807, 2.05) is 43.9 Å². The van der Waals surface area contributed by atoms with Crippen LogP contribution in [-0.2, 0) is 13.6 Å². The first-order valence-corrected chi connectivity index (χ1v) is 13.9. The van der Waals surface area contributed by atoms with Crippen LogP contribution in [0, 0.1) is 0 Å². The zero-order valence-corrected chi connectivity index (χ0v) is 16.0. The molecule has 0 heterocycles. The van der Waals surface area contributed by atoms with Crippen molar-refractivity contribution in [3.05, 3.63) is 29.8 Å². The van der Waals surface area contributed by atoms with Gasteiger partial charge >= 0.3 is 5.97 Å². The summed E-state index contributed by atoms with van der Waals surface area (Å²) in [6.07, 6.45) is -0.658. The minimum atomic E-state index is -1.95. The van der Waals surface area contributed by atoms with Gasteiger partial charge in [0.15, 0.2) is 14.4 Å². The SMILES string of the molecule is COc1ccc(C(O[Si](C)(C)C)C(=O)O[Si](C)(C)C)cc1. The van der Waals surface area contributed by atoms with E-state index in [9.17, 15) is 4.79 Å². The molecule has 4 nitrogen and oxygen atoms in total. The average molecular weight is 327 g/mol. The van der Waals surface area contributed by atoms with Gasteiger partial charge in [-0.25, -0.2) is 0 Å². The zero-order chi connectivity index (χ0) is 16.3. The Morgan fingerprint density at radius 1 is 0.952 bits per heavy atom. The van der Waals surface area contributed by atoms with Gasteiger partial charge < -0.3 is 13.6 Å². The summed E-state index contributed by atoms with van der Waals surface area (Å²) >= 11 is 0. The van der Waals surface area contributed by atoms with Crippen molar-refractivity contribution in [2.45, 2.75) is 45.4 Å². The molecular formula is C15H26O4Si2. The lowest BCUT2D eigenvalue weighted by Crippen LogP contribution is -2.37. The van der Waals surface area contributed by atoms with Gasteiger partial charge in [-0.1, -0.05) is 12.1 Å². The Balaban J connectivity index is 3.03. The van der Waals surface area contributed by atoms with Gasteiger partial charge in [0.25, 0.3) is 0 Å². The van der Waals surface area contributed by atoms with Gasteiger partial charge in [-0.2, -0.15) is 0 Å². The smallest absolute Gasteiger partial charge is 0.325 e. The Hall–Kier alpha value is -1.12. The molecule has 0 bridgehead atoms. The molecule has 1 atom stereocenters. The fraction of sp³-hybridized carbons (Fsp3) is 0.533. The van der Waals surface area contributed by atoms with E-state index >= 15 is 0 Å². The van der Waals surface area contributed by atoms with Gasteiger partial charge in [0.1, 0.15) is 5.75 Å². The van der Waals surface area contributed by atoms with Gasteiger partial charge in [-0.3, -0.25) is 4.79 Å². The maximum Gasteiger partial charge on any atom is 0.325 e. The van der Waals surface area contributed by atoms with Crippen LogP contribution >= 0.6 is 0 Å². The van der Waals surface area contributed by atoms with Crippen LogP contribution in [0.4, 0.5) is 0 Å².